The average Bonchev–Trinajstić information content (AvgIpc) is 2.82. The molecule has 21 heavy (non-hydrogen) atoms. The van der Waals surface area contributed by atoms with Gasteiger partial charge in [0.1, 0.15) is 11.3 Å². The SMILES string of the molecule is CN1CCN(C)C(Cn2c(CCl)nc3c(F)cccc32)C1. The molecule has 6 heteroatoms. The summed E-state index contributed by atoms with van der Waals surface area (Å²) in [5, 5.41) is 0. The second kappa shape index (κ2) is 5.91. The molecule has 1 saturated heterocycles. The maximum absolute atomic E-state index is 13.9. The summed E-state index contributed by atoms with van der Waals surface area (Å²) in [6, 6.07) is 5.46. The maximum atomic E-state index is 13.9. The van der Waals surface area contributed by atoms with E-state index in [1.54, 1.807) is 6.07 Å². The summed E-state index contributed by atoms with van der Waals surface area (Å²) in [7, 11) is 4.27. The smallest absolute Gasteiger partial charge is 0.151 e. The van der Waals surface area contributed by atoms with Crippen molar-refractivity contribution in [3.8, 4) is 0 Å². The zero-order valence-electron chi connectivity index (χ0n) is 12.4. The van der Waals surface area contributed by atoms with Crippen LogP contribution in [0.1, 0.15) is 5.82 Å². The lowest BCUT2D eigenvalue weighted by Gasteiger charge is -2.38. The number of benzene rings is 1. The third-order valence-corrected chi connectivity index (χ3v) is 4.54. The molecule has 0 saturated carbocycles. The molecule has 0 N–H and O–H groups in total. The van der Waals surface area contributed by atoms with E-state index in [1.165, 1.54) is 6.07 Å². The molecule has 1 aromatic carbocycles. The lowest BCUT2D eigenvalue weighted by atomic mass is 10.2. The molecule has 1 aromatic heterocycles. The molecule has 4 nitrogen and oxygen atoms in total. The monoisotopic (exact) mass is 310 g/mol. The van der Waals surface area contributed by atoms with Gasteiger partial charge in [-0.05, 0) is 26.2 Å². The van der Waals surface area contributed by atoms with E-state index >= 15 is 0 Å². The van der Waals surface area contributed by atoms with Crippen LogP contribution in [0.4, 0.5) is 4.39 Å². The molecule has 1 aliphatic rings. The Kier molecular flexibility index (Phi) is 4.15. The zero-order chi connectivity index (χ0) is 15.0. The summed E-state index contributed by atoms with van der Waals surface area (Å²) in [6.45, 7) is 3.89. The number of hydrogen-bond donors (Lipinski definition) is 0. The first kappa shape index (κ1) is 14.8. The summed E-state index contributed by atoms with van der Waals surface area (Å²) < 4.78 is 16.0. The fraction of sp³-hybridized carbons (Fsp3) is 0.533. The quantitative estimate of drug-likeness (QED) is 0.812. The van der Waals surface area contributed by atoms with E-state index in [2.05, 4.69) is 33.4 Å². The van der Waals surface area contributed by atoms with Gasteiger partial charge in [0.15, 0.2) is 5.82 Å². The molecule has 114 valence electrons. The molecule has 0 radical (unpaired) electrons. The number of alkyl halides is 1. The van der Waals surface area contributed by atoms with Gasteiger partial charge in [0.2, 0.25) is 0 Å². The summed E-state index contributed by atoms with van der Waals surface area (Å²) >= 11 is 6.01. The number of rotatable bonds is 3. The number of aromatic nitrogens is 2. The lowest BCUT2D eigenvalue weighted by molar-refractivity contribution is 0.103. The van der Waals surface area contributed by atoms with Crippen molar-refractivity contribution in [1.82, 2.24) is 19.4 Å². The fourth-order valence-electron chi connectivity index (χ4n) is 2.98. The van der Waals surface area contributed by atoms with Crippen molar-refractivity contribution in [2.24, 2.45) is 0 Å². The van der Waals surface area contributed by atoms with Crippen LogP contribution in [0, 0.1) is 5.82 Å². The van der Waals surface area contributed by atoms with Crippen molar-refractivity contribution in [3.63, 3.8) is 0 Å². The van der Waals surface area contributed by atoms with Crippen LogP contribution in [-0.4, -0.2) is 59.1 Å². The normalized spacial score (nSPS) is 21.2. The first-order valence-corrected chi connectivity index (χ1v) is 7.72. The van der Waals surface area contributed by atoms with Crippen LogP contribution in [-0.2, 0) is 12.4 Å². The summed E-state index contributed by atoms with van der Waals surface area (Å²) in [5.74, 6) is 0.741. The standard InChI is InChI=1S/C15H20ClFN4/c1-19-6-7-20(2)11(9-19)10-21-13-5-3-4-12(17)15(13)18-14(21)8-16/h3-5,11H,6-10H2,1-2H3. The largest absolute Gasteiger partial charge is 0.325 e. The molecule has 0 bridgehead atoms. The Morgan fingerprint density at radius 2 is 2.14 bits per heavy atom. The maximum Gasteiger partial charge on any atom is 0.151 e. The van der Waals surface area contributed by atoms with Crippen molar-refractivity contribution in [3.05, 3.63) is 29.8 Å². The molecule has 2 aromatic rings. The van der Waals surface area contributed by atoms with E-state index < -0.39 is 0 Å². The summed E-state index contributed by atoms with van der Waals surface area (Å²) in [6.07, 6.45) is 0. The minimum atomic E-state index is -0.285. The van der Waals surface area contributed by atoms with E-state index in [4.69, 9.17) is 11.6 Å². The Balaban J connectivity index is 1.97. The Morgan fingerprint density at radius 3 is 2.90 bits per heavy atom. The van der Waals surface area contributed by atoms with Crippen molar-refractivity contribution < 1.29 is 4.39 Å². The van der Waals surface area contributed by atoms with Gasteiger partial charge in [-0.2, -0.15) is 0 Å². The zero-order valence-corrected chi connectivity index (χ0v) is 13.1. The van der Waals surface area contributed by atoms with Gasteiger partial charge in [-0.3, -0.25) is 4.90 Å². The van der Waals surface area contributed by atoms with Crippen LogP contribution in [0.15, 0.2) is 18.2 Å². The number of imidazole rings is 1. The highest BCUT2D eigenvalue weighted by molar-refractivity contribution is 6.16. The van der Waals surface area contributed by atoms with Crippen molar-refractivity contribution in [2.75, 3.05) is 33.7 Å². The third kappa shape index (κ3) is 2.78. The summed E-state index contributed by atoms with van der Waals surface area (Å²) in [5.41, 5.74) is 1.24. The summed E-state index contributed by atoms with van der Waals surface area (Å²) in [4.78, 5) is 9.04. The van der Waals surface area contributed by atoms with Crippen molar-refractivity contribution in [2.45, 2.75) is 18.5 Å². The molecule has 1 unspecified atom stereocenters. The number of fused-ring (bicyclic) bond motifs is 1. The van der Waals surface area contributed by atoms with Crippen LogP contribution >= 0.6 is 11.6 Å². The Hall–Kier alpha value is -1.17. The third-order valence-electron chi connectivity index (χ3n) is 4.30. The van der Waals surface area contributed by atoms with Gasteiger partial charge >= 0.3 is 0 Å². The highest BCUT2D eigenvalue weighted by atomic mass is 35.5. The van der Waals surface area contributed by atoms with E-state index in [0.29, 0.717) is 17.4 Å². The van der Waals surface area contributed by atoms with Crippen molar-refractivity contribution in [1.29, 1.82) is 0 Å². The molecular weight excluding hydrogens is 291 g/mol. The highest BCUT2D eigenvalue weighted by Crippen LogP contribution is 2.22. The average molecular weight is 311 g/mol. The Labute approximate surface area is 129 Å². The number of nitrogens with zero attached hydrogens (tertiary/aromatic N) is 4. The van der Waals surface area contributed by atoms with Gasteiger partial charge in [-0.25, -0.2) is 9.37 Å². The second-order valence-corrected chi connectivity index (χ2v) is 6.04. The lowest BCUT2D eigenvalue weighted by Crippen LogP contribution is -2.51. The molecule has 0 aliphatic carbocycles. The number of halogens is 2. The van der Waals surface area contributed by atoms with Crippen LogP contribution < -0.4 is 0 Å². The highest BCUT2D eigenvalue weighted by Gasteiger charge is 2.24. The minimum Gasteiger partial charge on any atom is -0.325 e. The van der Waals surface area contributed by atoms with Crippen LogP contribution in [0.5, 0.6) is 0 Å². The molecule has 1 fully saturated rings. The molecule has 1 aliphatic heterocycles. The van der Waals surface area contributed by atoms with Gasteiger partial charge in [-0.1, -0.05) is 6.07 Å². The minimum absolute atomic E-state index is 0.285. The fourth-order valence-corrected chi connectivity index (χ4v) is 3.18. The van der Waals surface area contributed by atoms with Gasteiger partial charge in [-0.15, -0.1) is 11.6 Å². The van der Waals surface area contributed by atoms with Gasteiger partial charge < -0.3 is 9.47 Å². The van der Waals surface area contributed by atoms with Gasteiger partial charge in [0.25, 0.3) is 0 Å². The Morgan fingerprint density at radius 1 is 1.33 bits per heavy atom. The first-order valence-electron chi connectivity index (χ1n) is 7.18. The number of hydrogen-bond acceptors (Lipinski definition) is 3. The van der Waals surface area contributed by atoms with Crippen LogP contribution in [0.25, 0.3) is 11.0 Å². The van der Waals surface area contributed by atoms with Crippen LogP contribution in [0.3, 0.4) is 0 Å². The Bertz CT molecular complexity index is 642. The molecule has 3 rings (SSSR count). The number of likely N-dealkylation sites (N-methyl/N-ethyl adjacent to an activating group) is 2. The van der Waals surface area contributed by atoms with Gasteiger partial charge in [0.05, 0.1) is 11.4 Å². The number of piperazine rings is 1. The topological polar surface area (TPSA) is 24.3 Å². The van der Waals surface area contributed by atoms with E-state index in [9.17, 15) is 4.39 Å². The molecule has 0 spiro atoms. The van der Waals surface area contributed by atoms with E-state index in [0.717, 1.165) is 37.5 Å². The predicted molar refractivity (Wildman–Crippen MR) is 83.2 cm³/mol. The molecule has 0 amide bonds. The first-order chi connectivity index (χ1) is 10.1. The van der Waals surface area contributed by atoms with Crippen LogP contribution in [0.2, 0.25) is 0 Å². The second-order valence-electron chi connectivity index (χ2n) is 5.78. The molecule has 2 heterocycles. The van der Waals surface area contributed by atoms with E-state index in [-0.39, 0.29) is 5.82 Å². The predicted octanol–water partition coefficient (Wildman–Crippen LogP) is 2.16. The molecule has 1 atom stereocenters. The van der Waals surface area contributed by atoms with Crippen molar-refractivity contribution >= 4 is 22.6 Å². The van der Waals surface area contributed by atoms with E-state index in [1.807, 2.05) is 6.07 Å². The number of para-hydroxylation sites is 1. The van der Waals surface area contributed by atoms with Gasteiger partial charge in [0, 0.05) is 32.2 Å². The molecular formula is C15H20ClFN4.